The van der Waals surface area contributed by atoms with Crippen molar-refractivity contribution in [3.63, 3.8) is 0 Å². The van der Waals surface area contributed by atoms with Gasteiger partial charge in [-0.2, -0.15) is 10.2 Å². The zero-order valence-corrected chi connectivity index (χ0v) is 17.3. The van der Waals surface area contributed by atoms with E-state index in [1.54, 1.807) is 11.8 Å². The van der Waals surface area contributed by atoms with Crippen LogP contribution in [0.3, 0.4) is 0 Å². The number of aromatic nitrogens is 2. The molecule has 1 aromatic heterocycles. The predicted octanol–water partition coefficient (Wildman–Crippen LogP) is 2.77. The Morgan fingerprint density at radius 1 is 1.17 bits per heavy atom. The number of carbonyl (C=O) groups is 1. The van der Waals surface area contributed by atoms with Crippen molar-refractivity contribution >= 4 is 28.7 Å². The molecule has 1 atom stereocenters. The van der Waals surface area contributed by atoms with E-state index in [0.29, 0.717) is 29.4 Å². The minimum atomic E-state index is -0.0826. The second-order valence-corrected chi connectivity index (χ2v) is 8.67. The SMILES string of the molecule is CCNC1=NNC([C@H]2C[C@@H](Cc3ccc(NC(=O)Cc4ccccc4)nn3)C2)S1. The highest BCUT2D eigenvalue weighted by Crippen LogP contribution is 2.42. The van der Waals surface area contributed by atoms with Crippen molar-refractivity contribution in [2.24, 2.45) is 16.9 Å². The van der Waals surface area contributed by atoms with E-state index in [1.807, 2.05) is 42.5 Å². The van der Waals surface area contributed by atoms with Gasteiger partial charge in [0.2, 0.25) is 5.91 Å². The van der Waals surface area contributed by atoms with Gasteiger partial charge in [0.05, 0.1) is 17.5 Å². The molecule has 1 saturated carbocycles. The maximum absolute atomic E-state index is 12.1. The summed E-state index contributed by atoms with van der Waals surface area (Å²) < 4.78 is 0. The van der Waals surface area contributed by atoms with Crippen LogP contribution in [0.25, 0.3) is 0 Å². The smallest absolute Gasteiger partial charge is 0.229 e. The van der Waals surface area contributed by atoms with E-state index in [9.17, 15) is 4.79 Å². The summed E-state index contributed by atoms with van der Waals surface area (Å²) in [5.41, 5.74) is 5.20. The highest BCUT2D eigenvalue weighted by Gasteiger charge is 2.38. The minimum absolute atomic E-state index is 0.0826. The molecule has 0 spiro atoms. The molecule has 1 fully saturated rings. The Balaban J connectivity index is 1.19. The third-order valence-corrected chi connectivity index (χ3v) is 6.46. The standard InChI is InChI=1S/C21H26N6OS/c1-2-22-21-27-26-20(29-21)16-10-15(11-16)12-17-8-9-18(25-24-17)23-19(28)13-14-6-4-3-5-7-14/h3-9,15-16,20,26H,2,10-13H2,1H3,(H,22,27)(H,23,25,28)/t15-,16+,20?. The predicted molar refractivity (Wildman–Crippen MR) is 116 cm³/mol. The van der Waals surface area contributed by atoms with Gasteiger partial charge < -0.3 is 10.6 Å². The van der Waals surface area contributed by atoms with Crippen molar-refractivity contribution in [3.8, 4) is 0 Å². The first-order chi connectivity index (χ1) is 14.2. The average Bonchev–Trinajstić information content (AvgIpc) is 3.14. The van der Waals surface area contributed by atoms with Crippen LogP contribution >= 0.6 is 11.8 Å². The number of hydrogen-bond acceptors (Lipinski definition) is 7. The molecule has 1 aliphatic heterocycles. The largest absolute Gasteiger partial charge is 0.364 e. The number of hydrazone groups is 1. The number of amides is 1. The van der Waals surface area contributed by atoms with Gasteiger partial charge in [0, 0.05) is 6.54 Å². The highest BCUT2D eigenvalue weighted by atomic mass is 32.2. The zero-order valence-electron chi connectivity index (χ0n) is 16.5. The van der Waals surface area contributed by atoms with Gasteiger partial charge in [-0.25, -0.2) is 0 Å². The number of anilines is 1. The Hall–Kier alpha value is -2.61. The molecule has 0 radical (unpaired) electrons. The topological polar surface area (TPSA) is 91.3 Å². The Morgan fingerprint density at radius 2 is 2.00 bits per heavy atom. The molecular formula is C21H26N6OS. The maximum Gasteiger partial charge on any atom is 0.229 e. The molecule has 3 N–H and O–H groups in total. The molecule has 7 nitrogen and oxygen atoms in total. The Bertz CT molecular complexity index is 851. The number of nitrogens with zero attached hydrogens (tertiary/aromatic N) is 3. The monoisotopic (exact) mass is 410 g/mol. The number of amidine groups is 1. The minimum Gasteiger partial charge on any atom is -0.364 e. The Morgan fingerprint density at radius 3 is 2.72 bits per heavy atom. The number of nitrogens with one attached hydrogen (secondary N) is 3. The van der Waals surface area contributed by atoms with Gasteiger partial charge in [0.1, 0.15) is 0 Å². The zero-order chi connectivity index (χ0) is 20.1. The number of rotatable bonds is 7. The van der Waals surface area contributed by atoms with Crippen molar-refractivity contribution in [2.75, 3.05) is 11.9 Å². The lowest BCUT2D eigenvalue weighted by atomic mass is 9.72. The van der Waals surface area contributed by atoms with Crippen LogP contribution in [0.15, 0.2) is 47.6 Å². The van der Waals surface area contributed by atoms with Crippen molar-refractivity contribution < 1.29 is 4.79 Å². The summed E-state index contributed by atoms with van der Waals surface area (Å²) >= 11 is 1.80. The van der Waals surface area contributed by atoms with E-state index in [1.165, 1.54) is 12.8 Å². The molecule has 1 aliphatic carbocycles. The molecule has 8 heteroatoms. The third kappa shape index (κ3) is 5.26. The van der Waals surface area contributed by atoms with Gasteiger partial charge in [-0.05, 0) is 55.7 Å². The lowest BCUT2D eigenvalue weighted by molar-refractivity contribution is -0.115. The van der Waals surface area contributed by atoms with Crippen molar-refractivity contribution in [2.45, 2.75) is 38.0 Å². The lowest BCUT2D eigenvalue weighted by Gasteiger charge is -2.38. The molecule has 2 aromatic rings. The van der Waals surface area contributed by atoms with Crippen LogP contribution in [-0.4, -0.2) is 33.2 Å². The molecule has 2 heterocycles. The van der Waals surface area contributed by atoms with Crippen LogP contribution in [0.1, 0.15) is 31.0 Å². The first-order valence-corrected chi connectivity index (χ1v) is 11.0. The summed E-state index contributed by atoms with van der Waals surface area (Å²) in [6.07, 6.45) is 3.62. The van der Waals surface area contributed by atoms with Crippen molar-refractivity contribution in [1.82, 2.24) is 20.9 Å². The lowest BCUT2D eigenvalue weighted by Crippen LogP contribution is -2.38. The van der Waals surface area contributed by atoms with E-state index >= 15 is 0 Å². The van der Waals surface area contributed by atoms with E-state index in [2.05, 4.69) is 38.3 Å². The molecule has 1 amide bonds. The molecule has 2 aliphatic rings. The molecule has 29 heavy (non-hydrogen) atoms. The molecule has 4 rings (SSSR count). The Labute approximate surface area is 175 Å². The van der Waals surface area contributed by atoms with Crippen LogP contribution in [-0.2, 0) is 17.6 Å². The highest BCUT2D eigenvalue weighted by molar-refractivity contribution is 8.14. The molecule has 1 unspecified atom stereocenters. The Kier molecular flexibility index (Phi) is 6.29. The van der Waals surface area contributed by atoms with Crippen LogP contribution in [0.2, 0.25) is 0 Å². The second-order valence-electron chi connectivity index (χ2n) is 7.54. The molecule has 0 saturated heterocycles. The fraction of sp³-hybridized carbons (Fsp3) is 0.429. The summed E-state index contributed by atoms with van der Waals surface area (Å²) in [7, 11) is 0. The average molecular weight is 411 g/mol. The summed E-state index contributed by atoms with van der Waals surface area (Å²) in [6.45, 7) is 2.98. The third-order valence-electron chi connectivity index (χ3n) is 5.25. The quantitative estimate of drug-likeness (QED) is 0.650. The molecule has 152 valence electrons. The van der Waals surface area contributed by atoms with Gasteiger partial charge in [-0.1, -0.05) is 42.1 Å². The van der Waals surface area contributed by atoms with Crippen LogP contribution in [0, 0.1) is 11.8 Å². The maximum atomic E-state index is 12.1. The van der Waals surface area contributed by atoms with Gasteiger partial charge in [0.25, 0.3) is 0 Å². The second kappa shape index (κ2) is 9.26. The fourth-order valence-corrected chi connectivity index (χ4v) is 4.82. The number of benzene rings is 1. The van der Waals surface area contributed by atoms with Crippen LogP contribution in [0.4, 0.5) is 5.82 Å². The van der Waals surface area contributed by atoms with Crippen LogP contribution in [0.5, 0.6) is 0 Å². The first-order valence-electron chi connectivity index (χ1n) is 10.1. The van der Waals surface area contributed by atoms with Gasteiger partial charge in [0.15, 0.2) is 11.0 Å². The van der Waals surface area contributed by atoms with E-state index in [0.717, 1.165) is 29.4 Å². The summed E-state index contributed by atoms with van der Waals surface area (Å²) in [4.78, 5) is 12.1. The first kappa shape index (κ1) is 19.7. The van der Waals surface area contributed by atoms with Gasteiger partial charge >= 0.3 is 0 Å². The van der Waals surface area contributed by atoms with Crippen molar-refractivity contribution in [1.29, 1.82) is 0 Å². The summed E-state index contributed by atoms with van der Waals surface area (Å²) in [6, 6.07) is 13.5. The molecule has 1 aromatic carbocycles. The number of carbonyl (C=O) groups excluding carboxylic acids is 1. The van der Waals surface area contributed by atoms with E-state index in [-0.39, 0.29) is 5.91 Å². The molecule has 0 bridgehead atoms. The van der Waals surface area contributed by atoms with E-state index in [4.69, 9.17) is 0 Å². The number of thioether (sulfide) groups is 1. The van der Waals surface area contributed by atoms with Crippen LogP contribution < -0.4 is 16.1 Å². The van der Waals surface area contributed by atoms with E-state index < -0.39 is 0 Å². The normalized spacial score (nSPS) is 22.9. The summed E-state index contributed by atoms with van der Waals surface area (Å²) in [5.74, 6) is 1.70. The molecular weight excluding hydrogens is 384 g/mol. The van der Waals surface area contributed by atoms with Crippen molar-refractivity contribution in [3.05, 3.63) is 53.7 Å². The fourth-order valence-electron chi connectivity index (χ4n) is 3.73. The van der Waals surface area contributed by atoms with Gasteiger partial charge in [-0.3, -0.25) is 10.2 Å². The van der Waals surface area contributed by atoms with Gasteiger partial charge in [-0.15, -0.1) is 5.10 Å². The summed E-state index contributed by atoms with van der Waals surface area (Å²) in [5, 5.41) is 20.3. The number of hydrogen-bond donors (Lipinski definition) is 3.